The molecule has 17 heavy (non-hydrogen) atoms. The molecule has 0 N–H and O–H groups in total. The zero-order chi connectivity index (χ0) is 12.8. The lowest BCUT2D eigenvalue weighted by molar-refractivity contribution is 0.285. The highest BCUT2D eigenvalue weighted by Crippen LogP contribution is 2.51. The lowest BCUT2D eigenvalue weighted by atomic mass is 10.1. The van der Waals surface area contributed by atoms with E-state index >= 15 is 0 Å². The van der Waals surface area contributed by atoms with Gasteiger partial charge in [-0.3, -0.25) is 4.90 Å². The Balaban J connectivity index is 1.94. The van der Waals surface area contributed by atoms with Crippen molar-refractivity contribution < 1.29 is 0 Å². The van der Waals surface area contributed by atoms with Gasteiger partial charge in [0.1, 0.15) is 5.82 Å². The van der Waals surface area contributed by atoms with Crippen molar-refractivity contribution in [3.63, 3.8) is 0 Å². The minimum Gasteiger partial charge on any atom is -0.334 e. The number of rotatable bonds is 4. The van der Waals surface area contributed by atoms with Crippen molar-refractivity contribution in [1.82, 2.24) is 14.5 Å². The molecule has 0 aliphatic heterocycles. The summed E-state index contributed by atoms with van der Waals surface area (Å²) in [5.41, 5.74) is 3.00. The molecular formula is C14H25N3. The monoisotopic (exact) mass is 235 g/mol. The number of hydrogen-bond donors (Lipinski definition) is 0. The Hall–Kier alpha value is -0.830. The van der Waals surface area contributed by atoms with Crippen molar-refractivity contribution in [2.45, 2.75) is 40.7 Å². The maximum Gasteiger partial charge on any atom is 0.123 e. The first kappa shape index (κ1) is 12.6. The first-order valence-electron chi connectivity index (χ1n) is 6.48. The van der Waals surface area contributed by atoms with Gasteiger partial charge < -0.3 is 4.57 Å². The standard InChI is InChI=1S/C14H25N3/c1-10-11(2)17(6)13(15-10)9-16(5)8-12-7-14(12,3)4/h12H,7-9H2,1-6H3. The van der Waals surface area contributed by atoms with Crippen LogP contribution >= 0.6 is 0 Å². The molecule has 0 radical (unpaired) electrons. The third kappa shape index (κ3) is 2.54. The van der Waals surface area contributed by atoms with Crippen LogP contribution < -0.4 is 0 Å². The molecule has 3 nitrogen and oxygen atoms in total. The highest BCUT2D eigenvalue weighted by Gasteiger charge is 2.45. The van der Waals surface area contributed by atoms with Crippen LogP contribution in [0, 0.1) is 25.2 Å². The van der Waals surface area contributed by atoms with Gasteiger partial charge in [-0.15, -0.1) is 0 Å². The van der Waals surface area contributed by atoms with Crippen LogP contribution in [-0.4, -0.2) is 28.0 Å². The van der Waals surface area contributed by atoms with Crippen LogP contribution in [-0.2, 0) is 13.6 Å². The Morgan fingerprint density at radius 3 is 2.41 bits per heavy atom. The zero-order valence-electron chi connectivity index (χ0n) is 12.0. The molecule has 1 fully saturated rings. The first-order chi connectivity index (χ1) is 7.81. The van der Waals surface area contributed by atoms with Gasteiger partial charge in [0.25, 0.3) is 0 Å². The maximum atomic E-state index is 4.64. The molecule has 1 aliphatic carbocycles. The minimum absolute atomic E-state index is 0.571. The molecule has 1 saturated carbocycles. The smallest absolute Gasteiger partial charge is 0.123 e. The molecule has 1 heterocycles. The van der Waals surface area contributed by atoms with Crippen LogP contribution in [0.2, 0.25) is 0 Å². The predicted octanol–water partition coefficient (Wildman–Crippen LogP) is 2.51. The quantitative estimate of drug-likeness (QED) is 0.799. The molecule has 0 bridgehead atoms. The first-order valence-corrected chi connectivity index (χ1v) is 6.48. The fraction of sp³-hybridized carbons (Fsp3) is 0.786. The summed E-state index contributed by atoms with van der Waals surface area (Å²) in [5, 5.41) is 0. The largest absolute Gasteiger partial charge is 0.334 e. The summed E-state index contributed by atoms with van der Waals surface area (Å²) >= 11 is 0. The second-order valence-corrected chi connectivity index (χ2v) is 6.34. The molecule has 1 aliphatic rings. The van der Waals surface area contributed by atoms with Gasteiger partial charge in [0.2, 0.25) is 0 Å². The Morgan fingerprint density at radius 2 is 2.00 bits per heavy atom. The van der Waals surface area contributed by atoms with Gasteiger partial charge in [0, 0.05) is 19.3 Å². The lowest BCUT2D eigenvalue weighted by Crippen LogP contribution is -2.23. The number of aromatic nitrogens is 2. The van der Waals surface area contributed by atoms with Gasteiger partial charge in [-0.25, -0.2) is 4.98 Å². The third-order valence-corrected chi connectivity index (χ3v) is 4.37. The molecule has 2 rings (SSSR count). The minimum atomic E-state index is 0.571. The molecule has 0 aromatic carbocycles. The van der Waals surface area contributed by atoms with Crippen LogP contribution in [0.5, 0.6) is 0 Å². The second-order valence-electron chi connectivity index (χ2n) is 6.34. The molecule has 1 atom stereocenters. The maximum absolute atomic E-state index is 4.64. The van der Waals surface area contributed by atoms with Crippen LogP contribution in [0.3, 0.4) is 0 Å². The van der Waals surface area contributed by atoms with E-state index in [0.717, 1.165) is 18.2 Å². The highest BCUT2D eigenvalue weighted by molar-refractivity contribution is 5.13. The van der Waals surface area contributed by atoms with E-state index in [1.54, 1.807) is 0 Å². The van der Waals surface area contributed by atoms with E-state index in [9.17, 15) is 0 Å². The van der Waals surface area contributed by atoms with Crippen molar-refractivity contribution >= 4 is 0 Å². The normalized spacial score (nSPS) is 22.2. The Morgan fingerprint density at radius 1 is 1.41 bits per heavy atom. The lowest BCUT2D eigenvalue weighted by Gasteiger charge is -2.17. The van der Waals surface area contributed by atoms with E-state index in [-0.39, 0.29) is 0 Å². The molecule has 1 aromatic rings. The molecule has 0 amide bonds. The molecule has 1 unspecified atom stereocenters. The number of aryl methyl sites for hydroxylation is 1. The van der Waals surface area contributed by atoms with E-state index in [1.165, 1.54) is 24.5 Å². The predicted molar refractivity (Wildman–Crippen MR) is 70.9 cm³/mol. The molecule has 0 saturated heterocycles. The molecule has 96 valence electrons. The van der Waals surface area contributed by atoms with Crippen molar-refractivity contribution in [1.29, 1.82) is 0 Å². The fourth-order valence-electron chi connectivity index (χ4n) is 2.50. The molecule has 1 aromatic heterocycles. The number of imidazole rings is 1. The average Bonchev–Trinajstić information content (AvgIpc) is 2.74. The van der Waals surface area contributed by atoms with E-state index in [0.29, 0.717) is 5.41 Å². The van der Waals surface area contributed by atoms with E-state index < -0.39 is 0 Å². The highest BCUT2D eigenvalue weighted by atomic mass is 15.2. The Bertz CT molecular complexity index is 417. The zero-order valence-corrected chi connectivity index (χ0v) is 12.0. The summed E-state index contributed by atoms with van der Waals surface area (Å²) in [6.45, 7) is 11.1. The van der Waals surface area contributed by atoms with Gasteiger partial charge in [0.15, 0.2) is 0 Å². The SMILES string of the molecule is Cc1nc(CN(C)CC2CC2(C)C)n(C)c1C. The van der Waals surface area contributed by atoms with Crippen LogP contribution in [0.15, 0.2) is 0 Å². The van der Waals surface area contributed by atoms with Gasteiger partial charge in [-0.1, -0.05) is 13.8 Å². The topological polar surface area (TPSA) is 21.1 Å². The van der Waals surface area contributed by atoms with Crippen LogP contribution in [0.1, 0.15) is 37.5 Å². The van der Waals surface area contributed by atoms with E-state index in [4.69, 9.17) is 0 Å². The summed E-state index contributed by atoms with van der Waals surface area (Å²) in [6.07, 6.45) is 1.37. The molecular weight excluding hydrogens is 210 g/mol. The van der Waals surface area contributed by atoms with Gasteiger partial charge in [-0.2, -0.15) is 0 Å². The van der Waals surface area contributed by atoms with Crippen LogP contribution in [0.4, 0.5) is 0 Å². The van der Waals surface area contributed by atoms with Gasteiger partial charge >= 0.3 is 0 Å². The third-order valence-electron chi connectivity index (χ3n) is 4.37. The van der Waals surface area contributed by atoms with Crippen molar-refractivity contribution in [3.8, 4) is 0 Å². The Labute approximate surface area is 105 Å². The Kier molecular flexibility index (Phi) is 3.06. The second kappa shape index (κ2) is 4.13. The summed E-state index contributed by atoms with van der Waals surface area (Å²) in [5.74, 6) is 2.05. The average molecular weight is 235 g/mol. The molecule has 0 spiro atoms. The van der Waals surface area contributed by atoms with E-state index in [1.807, 2.05) is 0 Å². The summed E-state index contributed by atoms with van der Waals surface area (Å²) < 4.78 is 2.21. The summed E-state index contributed by atoms with van der Waals surface area (Å²) in [6, 6.07) is 0. The van der Waals surface area contributed by atoms with Gasteiger partial charge in [-0.05, 0) is 38.6 Å². The summed E-state index contributed by atoms with van der Waals surface area (Å²) in [7, 11) is 4.31. The summed E-state index contributed by atoms with van der Waals surface area (Å²) in [4.78, 5) is 7.04. The fourth-order valence-corrected chi connectivity index (χ4v) is 2.50. The number of nitrogens with zero attached hydrogens (tertiary/aromatic N) is 3. The van der Waals surface area contributed by atoms with Crippen molar-refractivity contribution in [3.05, 3.63) is 17.2 Å². The van der Waals surface area contributed by atoms with Gasteiger partial charge in [0.05, 0.1) is 12.2 Å². The molecule has 3 heteroatoms. The number of hydrogen-bond acceptors (Lipinski definition) is 2. The van der Waals surface area contributed by atoms with Crippen molar-refractivity contribution in [2.24, 2.45) is 18.4 Å². The van der Waals surface area contributed by atoms with Crippen LogP contribution in [0.25, 0.3) is 0 Å². The van der Waals surface area contributed by atoms with E-state index in [2.05, 4.69) is 56.2 Å². The van der Waals surface area contributed by atoms with Crippen molar-refractivity contribution in [2.75, 3.05) is 13.6 Å².